The van der Waals surface area contributed by atoms with Crippen LogP contribution >= 0.6 is 0 Å². The molecule has 3 rings (SSSR count). The van der Waals surface area contributed by atoms with Crippen molar-refractivity contribution < 1.29 is 32.0 Å². The maximum absolute atomic E-state index is 12.2. The minimum Gasteiger partial charge on any atom is -0.406 e. The van der Waals surface area contributed by atoms with Crippen molar-refractivity contribution in [1.82, 2.24) is 20.4 Å². The van der Waals surface area contributed by atoms with Crippen LogP contribution in [0.15, 0.2) is 28.8 Å². The average Bonchev–Trinajstić information content (AvgIpc) is 3.14. The molecule has 156 valence electrons. The van der Waals surface area contributed by atoms with Gasteiger partial charge >= 0.3 is 6.36 Å². The molecule has 0 spiro atoms. The van der Waals surface area contributed by atoms with E-state index in [0.29, 0.717) is 18.9 Å². The number of aromatic nitrogens is 2. The molecule has 29 heavy (non-hydrogen) atoms. The number of carbonyl (C=O) groups excluding carboxylic acids is 2. The van der Waals surface area contributed by atoms with Crippen molar-refractivity contribution in [2.75, 3.05) is 13.1 Å². The van der Waals surface area contributed by atoms with Crippen molar-refractivity contribution in [3.05, 3.63) is 41.5 Å². The molecule has 0 bridgehead atoms. The van der Waals surface area contributed by atoms with Gasteiger partial charge in [0.25, 0.3) is 5.91 Å². The number of carbonyl (C=O) groups is 2. The van der Waals surface area contributed by atoms with E-state index in [-0.39, 0.29) is 29.8 Å². The Hall–Kier alpha value is -3.11. The summed E-state index contributed by atoms with van der Waals surface area (Å²) in [6.45, 7) is 2.79. The highest BCUT2D eigenvalue weighted by Crippen LogP contribution is 2.26. The zero-order chi connectivity index (χ0) is 21.0. The number of amides is 2. The van der Waals surface area contributed by atoms with E-state index in [1.165, 1.54) is 19.1 Å². The van der Waals surface area contributed by atoms with E-state index in [1.807, 2.05) is 0 Å². The van der Waals surface area contributed by atoms with Crippen molar-refractivity contribution >= 4 is 11.8 Å². The summed E-state index contributed by atoms with van der Waals surface area (Å²) in [7, 11) is 0. The van der Waals surface area contributed by atoms with Gasteiger partial charge in [0.1, 0.15) is 5.75 Å². The van der Waals surface area contributed by atoms with Gasteiger partial charge in [-0.25, -0.2) is 0 Å². The first-order chi connectivity index (χ1) is 13.7. The molecule has 1 aromatic heterocycles. The summed E-state index contributed by atoms with van der Waals surface area (Å²) in [6, 6.07) is 4.55. The monoisotopic (exact) mass is 412 g/mol. The molecule has 1 aliphatic heterocycles. The molecule has 0 radical (unpaired) electrons. The minimum atomic E-state index is -4.79. The molecule has 1 aromatic carbocycles. The van der Waals surface area contributed by atoms with Crippen LogP contribution in [0, 0.1) is 0 Å². The van der Waals surface area contributed by atoms with Gasteiger partial charge in [-0.2, -0.15) is 4.98 Å². The van der Waals surface area contributed by atoms with Crippen LogP contribution in [-0.4, -0.2) is 46.3 Å². The molecule has 1 N–H and O–H groups in total. The average molecular weight is 412 g/mol. The number of nitrogens with one attached hydrogen (secondary N) is 1. The van der Waals surface area contributed by atoms with Gasteiger partial charge in [-0.15, -0.1) is 13.2 Å². The number of nitrogens with zero attached hydrogens (tertiary/aromatic N) is 3. The molecule has 2 heterocycles. The Labute approximate surface area is 164 Å². The molecule has 0 atom stereocenters. The maximum atomic E-state index is 12.2. The molecule has 0 saturated carbocycles. The highest BCUT2D eigenvalue weighted by molar-refractivity contribution is 5.94. The molecule has 1 fully saturated rings. The first kappa shape index (κ1) is 20.6. The lowest BCUT2D eigenvalue weighted by Gasteiger charge is -2.29. The molecule has 1 aliphatic rings. The zero-order valence-corrected chi connectivity index (χ0v) is 15.5. The van der Waals surface area contributed by atoms with Gasteiger partial charge in [0.15, 0.2) is 5.82 Å². The standard InChI is InChI=1S/C18H19F3N4O4/c1-11(26)25-8-6-12(7-9-25)16-23-15(29-24-16)10-22-17(27)13-2-4-14(5-3-13)28-18(19,20)21/h2-5,12H,6-10H2,1H3,(H,22,27). The van der Waals surface area contributed by atoms with Gasteiger partial charge < -0.3 is 19.5 Å². The van der Waals surface area contributed by atoms with Crippen LogP contribution in [0.25, 0.3) is 0 Å². The van der Waals surface area contributed by atoms with Crippen LogP contribution in [-0.2, 0) is 11.3 Å². The summed E-state index contributed by atoms with van der Waals surface area (Å²) in [5, 5.41) is 6.51. The molecule has 0 aliphatic carbocycles. The van der Waals surface area contributed by atoms with Gasteiger partial charge in [0.05, 0.1) is 6.54 Å². The predicted molar refractivity (Wildman–Crippen MR) is 92.8 cm³/mol. The van der Waals surface area contributed by atoms with Gasteiger partial charge in [0.2, 0.25) is 11.8 Å². The number of halogens is 3. The van der Waals surface area contributed by atoms with Gasteiger partial charge in [0, 0.05) is 31.5 Å². The molecular weight excluding hydrogens is 393 g/mol. The Bertz CT molecular complexity index is 859. The molecule has 1 saturated heterocycles. The summed E-state index contributed by atoms with van der Waals surface area (Å²) in [4.78, 5) is 29.5. The van der Waals surface area contributed by atoms with E-state index in [0.717, 1.165) is 25.0 Å². The molecule has 11 heteroatoms. The van der Waals surface area contributed by atoms with E-state index in [1.54, 1.807) is 4.90 Å². The Morgan fingerprint density at radius 2 is 1.90 bits per heavy atom. The van der Waals surface area contributed by atoms with Gasteiger partial charge in [-0.1, -0.05) is 5.16 Å². The lowest BCUT2D eigenvalue weighted by Crippen LogP contribution is -2.36. The molecule has 2 amide bonds. The normalized spacial score (nSPS) is 15.2. The van der Waals surface area contributed by atoms with E-state index in [2.05, 4.69) is 20.2 Å². The van der Waals surface area contributed by atoms with Crippen LogP contribution in [0.4, 0.5) is 13.2 Å². The molecule has 2 aromatic rings. The second-order valence-electron chi connectivity index (χ2n) is 6.58. The van der Waals surface area contributed by atoms with Crippen molar-refractivity contribution in [3.63, 3.8) is 0 Å². The number of benzene rings is 1. The topological polar surface area (TPSA) is 97.6 Å². The third-order valence-electron chi connectivity index (χ3n) is 4.54. The largest absolute Gasteiger partial charge is 0.573 e. The summed E-state index contributed by atoms with van der Waals surface area (Å²) in [5.41, 5.74) is 0.163. The second kappa shape index (κ2) is 8.50. The molecular formula is C18H19F3N4O4. The Balaban J connectivity index is 1.50. The van der Waals surface area contributed by atoms with Crippen LogP contribution < -0.4 is 10.1 Å². The third kappa shape index (κ3) is 5.69. The van der Waals surface area contributed by atoms with Gasteiger partial charge in [-0.05, 0) is 37.1 Å². The predicted octanol–water partition coefficient (Wildman–Crippen LogP) is 2.62. The Morgan fingerprint density at radius 3 is 2.48 bits per heavy atom. The lowest BCUT2D eigenvalue weighted by atomic mass is 9.96. The Morgan fingerprint density at radius 1 is 1.24 bits per heavy atom. The van der Waals surface area contributed by atoms with E-state index >= 15 is 0 Å². The highest BCUT2D eigenvalue weighted by Gasteiger charge is 2.31. The van der Waals surface area contributed by atoms with Crippen molar-refractivity contribution in [1.29, 1.82) is 0 Å². The minimum absolute atomic E-state index is 0.0150. The van der Waals surface area contributed by atoms with Crippen LogP contribution in [0.5, 0.6) is 5.75 Å². The first-order valence-electron chi connectivity index (χ1n) is 8.93. The number of rotatable bonds is 5. The third-order valence-corrected chi connectivity index (χ3v) is 4.54. The van der Waals surface area contributed by atoms with Crippen molar-refractivity contribution in [2.24, 2.45) is 0 Å². The zero-order valence-electron chi connectivity index (χ0n) is 15.5. The SMILES string of the molecule is CC(=O)N1CCC(c2noc(CNC(=O)c3ccc(OC(F)(F)F)cc3)n2)CC1. The van der Waals surface area contributed by atoms with E-state index in [9.17, 15) is 22.8 Å². The summed E-state index contributed by atoms with van der Waals surface area (Å²) >= 11 is 0. The maximum Gasteiger partial charge on any atom is 0.573 e. The lowest BCUT2D eigenvalue weighted by molar-refractivity contribution is -0.274. The first-order valence-corrected chi connectivity index (χ1v) is 8.93. The van der Waals surface area contributed by atoms with Gasteiger partial charge in [-0.3, -0.25) is 9.59 Å². The number of hydrogen-bond acceptors (Lipinski definition) is 6. The second-order valence-corrected chi connectivity index (χ2v) is 6.58. The molecule has 8 nitrogen and oxygen atoms in total. The number of alkyl halides is 3. The van der Waals surface area contributed by atoms with Crippen LogP contribution in [0.3, 0.4) is 0 Å². The number of ether oxygens (including phenoxy) is 1. The summed E-state index contributed by atoms with van der Waals surface area (Å²) < 4.78 is 45.4. The fourth-order valence-electron chi connectivity index (χ4n) is 3.02. The fourth-order valence-corrected chi connectivity index (χ4v) is 3.02. The highest BCUT2D eigenvalue weighted by atomic mass is 19.4. The number of likely N-dealkylation sites (tertiary alicyclic amines) is 1. The fraction of sp³-hybridized carbons (Fsp3) is 0.444. The summed E-state index contributed by atoms with van der Waals surface area (Å²) in [5.74, 6) is -0.0343. The Kier molecular flexibility index (Phi) is 6.04. The molecule has 0 unspecified atom stereocenters. The smallest absolute Gasteiger partial charge is 0.406 e. The van der Waals surface area contributed by atoms with E-state index in [4.69, 9.17) is 4.52 Å². The van der Waals surface area contributed by atoms with Crippen LogP contribution in [0.2, 0.25) is 0 Å². The number of hydrogen-bond donors (Lipinski definition) is 1. The summed E-state index contributed by atoms with van der Waals surface area (Å²) in [6.07, 6.45) is -3.32. The van der Waals surface area contributed by atoms with Crippen molar-refractivity contribution in [3.8, 4) is 5.75 Å². The number of piperidine rings is 1. The van der Waals surface area contributed by atoms with E-state index < -0.39 is 18.0 Å². The van der Waals surface area contributed by atoms with Crippen molar-refractivity contribution in [2.45, 2.75) is 38.6 Å². The van der Waals surface area contributed by atoms with Crippen LogP contribution in [0.1, 0.15) is 47.8 Å². The quantitative estimate of drug-likeness (QED) is 0.811.